The molecule has 29 heavy (non-hydrogen) atoms. The lowest BCUT2D eigenvalue weighted by Crippen LogP contribution is -2.63. The van der Waals surface area contributed by atoms with Crippen LogP contribution < -0.4 is 4.74 Å². The number of hydrogen-bond donors (Lipinski definition) is 1. The van der Waals surface area contributed by atoms with Gasteiger partial charge in [-0.2, -0.15) is 0 Å². The van der Waals surface area contributed by atoms with Crippen molar-refractivity contribution in [1.29, 1.82) is 0 Å². The van der Waals surface area contributed by atoms with Crippen LogP contribution in [-0.4, -0.2) is 45.7 Å². The number of aliphatic hydroxyl groups is 1. The molecule has 160 valence electrons. The fourth-order valence-corrected chi connectivity index (χ4v) is 5.20. The Labute approximate surface area is 170 Å². The summed E-state index contributed by atoms with van der Waals surface area (Å²) in [5.74, 6) is 0.435. The minimum absolute atomic E-state index is 0.0161. The molecule has 0 aromatic carbocycles. The maximum Gasteiger partial charge on any atom is 0.280 e. The Balaban J connectivity index is 1.27. The average Bonchev–Trinajstić information content (AvgIpc) is 2.64. The minimum Gasteiger partial charge on any atom is -0.474 e. The first kappa shape index (κ1) is 20.5. The molecule has 2 aliphatic carbocycles. The summed E-state index contributed by atoms with van der Waals surface area (Å²) in [5, 5.41) is 9.84. The minimum atomic E-state index is -2.60. The van der Waals surface area contributed by atoms with Crippen molar-refractivity contribution in [3.05, 3.63) is 23.4 Å². The van der Waals surface area contributed by atoms with Crippen LogP contribution in [0.5, 0.6) is 5.88 Å². The van der Waals surface area contributed by atoms with E-state index in [4.69, 9.17) is 4.74 Å². The Kier molecular flexibility index (Phi) is 5.30. The van der Waals surface area contributed by atoms with Crippen molar-refractivity contribution in [2.45, 2.75) is 76.9 Å². The predicted molar refractivity (Wildman–Crippen MR) is 104 cm³/mol. The van der Waals surface area contributed by atoms with Crippen molar-refractivity contribution < 1.29 is 23.4 Å². The molecule has 2 saturated carbocycles. The molecule has 0 atom stereocenters. The zero-order valence-electron chi connectivity index (χ0n) is 17.2. The molecule has 2 heterocycles. The molecule has 1 spiro atoms. The van der Waals surface area contributed by atoms with Gasteiger partial charge in [0.05, 0.1) is 5.60 Å². The number of likely N-dealkylation sites (tertiary alicyclic amines) is 1. The molecule has 1 amide bonds. The second kappa shape index (κ2) is 7.49. The van der Waals surface area contributed by atoms with Crippen molar-refractivity contribution in [3.63, 3.8) is 0 Å². The van der Waals surface area contributed by atoms with E-state index in [-0.39, 0.29) is 34.9 Å². The van der Waals surface area contributed by atoms with Gasteiger partial charge in [-0.25, -0.2) is 13.8 Å². The van der Waals surface area contributed by atoms with Crippen LogP contribution >= 0.6 is 0 Å². The number of carbonyl (C=O) groups excluding carboxylic acids is 1. The third kappa shape index (κ3) is 4.11. The summed E-state index contributed by atoms with van der Waals surface area (Å²) in [5.41, 5.74) is -0.121. The largest absolute Gasteiger partial charge is 0.474 e. The van der Waals surface area contributed by atoms with E-state index in [1.54, 1.807) is 19.1 Å². The van der Waals surface area contributed by atoms with Crippen LogP contribution in [0.3, 0.4) is 0 Å². The SMILES string of the molecule is CCc1ccc(OC2CCC3(CC2)CN(C(=O)C2CC(C)(O)C2)C3)nc1C(F)F. The van der Waals surface area contributed by atoms with Gasteiger partial charge in [0.15, 0.2) is 0 Å². The first-order chi connectivity index (χ1) is 13.7. The van der Waals surface area contributed by atoms with Gasteiger partial charge < -0.3 is 14.7 Å². The smallest absolute Gasteiger partial charge is 0.280 e. The number of alkyl halides is 2. The van der Waals surface area contributed by atoms with E-state index in [1.165, 1.54) is 0 Å². The molecule has 5 nitrogen and oxygen atoms in total. The van der Waals surface area contributed by atoms with Gasteiger partial charge in [-0.05, 0) is 57.4 Å². The standard InChI is InChI=1S/C22H30F2N2O3/c1-3-14-4-5-17(25-18(14)19(23)24)29-16-6-8-22(9-7-16)12-26(13-22)20(27)15-10-21(2,28)11-15/h4-5,15-16,19,28H,3,6-13H2,1-2H3. The lowest BCUT2D eigenvalue weighted by atomic mass is 9.66. The lowest BCUT2D eigenvalue weighted by molar-refractivity contribution is -0.164. The number of pyridine rings is 1. The number of nitrogens with zero attached hydrogens (tertiary/aromatic N) is 2. The fourth-order valence-electron chi connectivity index (χ4n) is 5.20. The van der Waals surface area contributed by atoms with Gasteiger partial charge >= 0.3 is 0 Å². The van der Waals surface area contributed by atoms with Gasteiger partial charge in [0.2, 0.25) is 11.8 Å². The Morgan fingerprint density at radius 3 is 2.52 bits per heavy atom. The summed E-state index contributed by atoms with van der Waals surface area (Å²) in [7, 11) is 0. The van der Waals surface area contributed by atoms with Crippen LogP contribution in [0.25, 0.3) is 0 Å². The molecule has 4 rings (SSSR count). The topological polar surface area (TPSA) is 62.7 Å². The van der Waals surface area contributed by atoms with Crippen LogP contribution in [0.1, 0.15) is 70.1 Å². The second-order valence-electron chi connectivity index (χ2n) is 9.46. The van der Waals surface area contributed by atoms with E-state index in [0.29, 0.717) is 24.8 Å². The van der Waals surface area contributed by atoms with Crippen molar-refractivity contribution in [2.24, 2.45) is 11.3 Å². The Morgan fingerprint density at radius 2 is 1.97 bits per heavy atom. The Morgan fingerprint density at radius 1 is 1.31 bits per heavy atom. The van der Waals surface area contributed by atoms with Crippen LogP contribution in [0.15, 0.2) is 12.1 Å². The van der Waals surface area contributed by atoms with E-state index >= 15 is 0 Å². The summed E-state index contributed by atoms with van der Waals surface area (Å²) in [4.78, 5) is 18.5. The first-order valence-corrected chi connectivity index (χ1v) is 10.7. The van der Waals surface area contributed by atoms with Crippen molar-refractivity contribution in [3.8, 4) is 5.88 Å². The summed E-state index contributed by atoms with van der Waals surface area (Å²) in [6.07, 6.45) is 2.68. The van der Waals surface area contributed by atoms with Crippen molar-refractivity contribution in [2.75, 3.05) is 13.1 Å². The number of carbonyl (C=O) groups is 1. The third-order valence-electron chi connectivity index (χ3n) is 6.94. The van der Waals surface area contributed by atoms with Gasteiger partial charge in [-0.15, -0.1) is 0 Å². The second-order valence-corrected chi connectivity index (χ2v) is 9.46. The van der Waals surface area contributed by atoms with Gasteiger partial charge in [0.1, 0.15) is 11.8 Å². The zero-order chi connectivity index (χ0) is 20.8. The number of aromatic nitrogens is 1. The van der Waals surface area contributed by atoms with Gasteiger partial charge in [0, 0.05) is 30.5 Å². The van der Waals surface area contributed by atoms with Crippen molar-refractivity contribution in [1.82, 2.24) is 9.88 Å². The first-order valence-electron chi connectivity index (χ1n) is 10.7. The van der Waals surface area contributed by atoms with E-state index < -0.39 is 12.0 Å². The molecule has 7 heteroatoms. The Bertz CT molecular complexity index is 759. The summed E-state index contributed by atoms with van der Waals surface area (Å²) < 4.78 is 32.3. The highest BCUT2D eigenvalue weighted by molar-refractivity contribution is 5.81. The van der Waals surface area contributed by atoms with Gasteiger partial charge in [-0.1, -0.05) is 13.0 Å². The number of rotatable bonds is 5. The maximum atomic E-state index is 13.2. The van der Waals surface area contributed by atoms with E-state index in [9.17, 15) is 18.7 Å². The van der Waals surface area contributed by atoms with Gasteiger partial charge in [-0.3, -0.25) is 4.79 Å². The normalized spacial score (nSPS) is 28.9. The molecule has 0 radical (unpaired) electrons. The van der Waals surface area contributed by atoms with Crippen LogP contribution in [0.4, 0.5) is 8.78 Å². The number of aryl methyl sites for hydroxylation is 1. The fraction of sp³-hybridized carbons (Fsp3) is 0.727. The number of halogens is 2. The molecule has 1 aliphatic heterocycles. The van der Waals surface area contributed by atoms with E-state index in [0.717, 1.165) is 38.8 Å². The maximum absolute atomic E-state index is 13.2. The third-order valence-corrected chi connectivity index (χ3v) is 6.94. The van der Waals surface area contributed by atoms with E-state index in [1.807, 2.05) is 11.8 Å². The van der Waals surface area contributed by atoms with E-state index in [2.05, 4.69) is 4.98 Å². The highest BCUT2D eigenvalue weighted by Crippen LogP contribution is 2.47. The molecule has 1 saturated heterocycles. The monoisotopic (exact) mass is 408 g/mol. The van der Waals surface area contributed by atoms with Crippen LogP contribution in [0.2, 0.25) is 0 Å². The summed E-state index contributed by atoms with van der Waals surface area (Å²) in [6.45, 7) is 5.20. The van der Waals surface area contributed by atoms with Crippen molar-refractivity contribution >= 4 is 5.91 Å². The zero-order valence-corrected chi connectivity index (χ0v) is 17.2. The van der Waals surface area contributed by atoms with Crippen LogP contribution in [0, 0.1) is 11.3 Å². The molecule has 1 aromatic heterocycles. The highest BCUT2D eigenvalue weighted by atomic mass is 19.3. The lowest BCUT2D eigenvalue weighted by Gasteiger charge is -2.55. The number of ether oxygens (including phenoxy) is 1. The summed E-state index contributed by atoms with van der Waals surface area (Å²) in [6, 6.07) is 3.37. The van der Waals surface area contributed by atoms with Crippen LogP contribution in [-0.2, 0) is 11.2 Å². The number of hydrogen-bond acceptors (Lipinski definition) is 4. The molecule has 3 fully saturated rings. The average molecular weight is 408 g/mol. The highest BCUT2D eigenvalue weighted by Gasteiger charge is 2.51. The quantitative estimate of drug-likeness (QED) is 0.803. The molecule has 0 bridgehead atoms. The molecule has 0 unspecified atom stereocenters. The molecule has 1 N–H and O–H groups in total. The molecule has 3 aliphatic rings. The number of amides is 1. The summed E-state index contributed by atoms with van der Waals surface area (Å²) >= 11 is 0. The predicted octanol–water partition coefficient (Wildman–Crippen LogP) is 3.89. The molecular formula is C22H30F2N2O3. The molecular weight excluding hydrogens is 378 g/mol. The van der Waals surface area contributed by atoms with Gasteiger partial charge in [0.25, 0.3) is 6.43 Å². The Hall–Kier alpha value is -1.76. The molecule has 1 aromatic rings.